The molecule has 0 radical (unpaired) electrons. The summed E-state index contributed by atoms with van der Waals surface area (Å²) in [5.74, 6) is 0. The highest BCUT2D eigenvalue weighted by molar-refractivity contribution is 6.30. The molecule has 2 atom stereocenters. The number of pyridine rings is 1. The number of nitrogens with zero attached hydrogens (tertiary/aromatic N) is 1. The number of aliphatic hydroxyl groups is 1. The van der Waals surface area contributed by atoms with E-state index in [1.807, 2.05) is 0 Å². The molecule has 0 aliphatic carbocycles. The Morgan fingerprint density at radius 3 is 2.33 bits per heavy atom. The normalized spacial score (nSPS) is 14.2. The summed E-state index contributed by atoms with van der Waals surface area (Å²) in [7, 11) is 0. The van der Waals surface area contributed by atoms with Crippen molar-refractivity contribution in [2.45, 2.75) is 12.1 Å². The van der Waals surface area contributed by atoms with Gasteiger partial charge in [0.15, 0.2) is 0 Å². The summed E-state index contributed by atoms with van der Waals surface area (Å²) >= 11 is 11.6. The fourth-order valence-electron chi connectivity index (χ4n) is 1.68. The van der Waals surface area contributed by atoms with E-state index in [1.54, 1.807) is 36.4 Å². The van der Waals surface area contributed by atoms with Gasteiger partial charge in [-0.2, -0.15) is 0 Å². The number of rotatable bonds is 3. The lowest BCUT2D eigenvalue weighted by atomic mass is 9.97. The third-order valence-corrected chi connectivity index (χ3v) is 3.15. The second-order valence-corrected chi connectivity index (χ2v) is 4.76. The zero-order chi connectivity index (χ0) is 13.1. The van der Waals surface area contributed by atoms with Gasteiger partial charge in [0.2, 0.25) is 0 Å². The van der Waals surface area contributed by atoms with Crippen molar-refractivity contribution in [1.29, 1.82) is 0 Å². The van der Waals surface area contributed by atoms with E-state index >= 15 is 0 Å². The smallest absolute Gasteiger partial charge is 0.129 e. The monoisotopic (exact) mass is 282 g/mol. The summed E-state index contributed by atoms with van der Waals surface area (Å²) < 4.78 is 0. The van der Waals surface area contributed by atoms with Crippen molar-refractivity contribution >= 4 is 23.2 Å². The molecule has 3 N–H and O–H groups in total. The number of aliphatic hydroxyl groups excluding tert-OH is 1. The van der Waals surface area contributed by atoms with Crippen molar-refractivity contribution in [3.8, 4) is 0 Å². The molecule has 1 aromatic carbocycles. The molecule has 1 aromatic heterocycles. The first-order valence-electron chi connectivity index (χ1n) is 5.38. The first-order valence-corrected chi connectivity index (χ1v) is 6.14. The lowest BCUT2D eigenvalue weighted by molar-refractivity contribution is 0.147. The fraction of sp³-hybridized carbons (Fsp3) is 0.154. The van der Waals surface area contributed by atoms with Crippen LogP contribution >= 0.6 is 23.2 Å². The quantitative estimate of drug-likeness (QED) is 0.851. The Morgan fingerprint density at radius 1 is 1.06 bits per heavy atom. The topological polar surface area (TPSA) is 59.1 Å². The lowest BCUT2D eigenvalue weighted by Crippen LogP contribution is -2.19. The van der Waals surface area contributed by atoms with Crippen LogP contribution in [0.1, 0.15) is 23.3 Å². The van der Waals surface area contributed by atoms with Crippen LogP contribution in [0.2, 0.25) is 10.2 Å². The average molecular weight is 283 g/mol. The Bertz CT molecular complexity index is 531. The maximum absolute atomic E-state index is 10.2. The minimum Gasteiger partial charge on any atom is -0.386 e. The van der Waals surface area contributed by atoms with Gasteiger partial charge < -0.3 is 10.8 Å². The molecular formula is C13H12Cl2N2O. The summed E-state index contributed by atoms with van der Waals surface area (Å²) in [6.07, 6.45) is 0.696. The van der Waals surface area contributed by atoms with Crippen molar-refractivity contribution in [3.05, 3.63) is 63.9 Å². The molecule has 0 spiro atoms. The van der Waals surface area contributed by atoms with E-state index in [2.05, 4.69) is 4.98 Å². The molecule has 0 saturated heterocycles. The van der Waals surface area contributed by atoms with Crippen LogP contribution in [-0.4, -0.2) is 10.1 Å². The minimum atomic E-state index is -0.841. The Labute approximate surface area is 115 Å². The summed E-state index contributed by atoms with van der Waals surface area (Å²) in [6, 6.07) is 9.80. The van der Waals surface area contributed by atoms with Gasteiger partial charge in [-0.05, 0) is 35.4 Å². The van der Waals surface area contributed by atoms with E-state index < -0.39 is 12.1 Å². The maximum Gasteiger partial charge on any atom is 0.129 e. The molecular weight excluding hydrogens is 271 g/mol. The fourth-order valence-corrected chi connectivity index (χ4v) is 1.98. The number of benzene rings is 1. The largest absolute Gasteiger partial charge is 0.386 e. The van der Waals surface area contributed by atoms with E-state index in [9.17, 15) is 5.11 Å². The van der Waals surface area contributed by atoms with Gasteiger partial charge in [0.1, 0.15) is 5.15 Å². The third-order valence-electron chi connectivity index (χ3n) is 2.69. The second kappa shape index (κ2) is 5.67. The molecule has 0 aliphatic heterocycles. The van der Waals surface area contributed by atoms with Gasteiger partial charge in [0.25, 0.3) is 0 Å². The number of halogens is 2. The summed E-state index contributed by atoms with van der Waals surface area (Å²) in [5, 5.41) is 11.2. The summed E-state index contributed by atoms with van der Waals surface area (Å²) in [5.41, 5.74) is 7.46. The van der Waals surface area contributed by atoms with Crippen molar-refractivity contribution in [1.82, 2.24) is 4.98 Å². The van der Waals surface area contributed by atoms with Crippen LogP contribution < -0.4 is 5.73 Å². The van der Waals surface area contributed by atoms with Crippen LogP contribution in [0.15, 0.2) is 42.6 Å². The van der Waals surface area contributed by atoms with E-state index in [-0.39, 0.29) is 0 Å². The molecule has 0 aliphatic rings. The predicted octanol–water partition coefficient (Wildman–Crippen LogP) is 3.12. The van der Waals surface area contributed by atoms with Gasteiger partial charge in [-0.15, -0.1) is 0 Å². The van der Waals surface area contributed by atoms with Crippen molar-refractivity contribution < 1.29 is 5.11 Å². The number of hydrogen-bond donors (Lipinski definition) is 2. The van der Waals surface area contributed by atoms with Crippen LogP contribution in [0, 0.1) is 0 Å². The van der Waals surface area contributed by atoms with Crippen molar-refractivity contribution in [2.75, 3.05) is 0 Å². The molecule has 0 amide bonds. The highest BCUT2D eigenvalue weighted by Crippen LogP contribution is 2.28. The van der Waals surface area contributed by atoms with Crippen LogP contribution in [0.25, 0.3) is 0 Å². The Kier molecular flexibility index (Phi) is 4.19. The van der Waals surface area contributed by atoms with Gasteiger partial charge in [0.05, 0.1) is 12.1 Å². The van der Waals surface area contributed by atoms with Crippen LogP contribution in [0.5, 0.6) is 0 Å². The lowest BCUT2D eigenvalue weighted by Gasteiger charge is -2.19. The Hall–Kier alpha value is -1.13. The van der Waals surface area contributed by atoms with Crippen LogP contribution in [0.4, 0.5) is 0 Å². The molecule has 1 heterocycles. The number of aromatic nitrogens is 1. The molecule has 2 aromatic rings. The first kappa shape index (κ1) is 13.3. The van der Waals surface area contributed by atoms with E-state index in [0.29, 0.717) is 15.7 Å². The van der Waals surface area contributed by atoms with Gasteiger partial charge in [-0.1, -0.05) is 35.3 Å². The Balaban J connectivity index is 2.23. The van der Waals surface area contributed by atoms with Crippen LogP contribution in [-0.2, 0) is 0 Å². The molecule has 0 bridgehead atoms. The first-order chi connectivity index (χ1) is 8.58. The molecule has 0 unspecified atom stereocenters. The minimum absolute atomic E-state index is 0.329. The number of nitrogens with two attached hydrogens (primary N) is 1. The molecule has 0 saturated carbocycles. The zero-order valence-electron chi connectivity index (χ0n) is 9.42. The van der Waals surface area contributed by atoms with Crippen molar-refractivity contribution in [3.63, 3.8) is 0 Å². The maximum atomic E-state index is 10.2. The predicted molar refractivity (Wildman–Crippen MR) is 72.6 cm³/mol. The van der Waals surface area contributed by atoms with E-state index in [0.717, 1.165) is 5.56 Å². The average Bonchev–Trinajstić information content (AvgIpc) is 2.38. The summed E-state index contributed by atoms with van der Waals surface area (Å²) in [4.78, 5) is 3.86. The second-order valence-electron chi connectivity index (χ2n) is 3.93. The van der Waals surface area contributed by atoms with Gasteiger partial charge in [-0.25, -0.2) is 4.98 Å². The zero-order valence-corrected chi connectivity index (χ0v) is 10.9. The molecule has 0 fully saturated rings. The molecule has 3 nitrogen and oxygen atoms in total. The number of hydrogen-bond acceptors (Lipinski definition) is 3. The van der Waals surface area contributed by atoms with Gasteiger partial charge in [-0.3, -0.25) is 0 Å². The van der Waals surface area contributed by atoms with Crippen molar-refractivity contribution in [2.24, 2.45) is 5.73 Å². The SMILES string of the molecule is N[C@H](c1ccc(Cl)cc1)[C@H](O)c1ccnc(Cl)c1. The molecule has 5 heteroatoms. The van der Waals surface area contributed by atoms with E-state index in [4.69, 9.17) is 28.9 Å². The Morgan fingerprint density at radius 2 is 1.72 bits per heavy atom. The highest BCUT2D eigenvalue weighted by atomic mass is 35.5. The molecule has 18 heavy (non-hydrogen) atoms. The third kappa shape index (κ3) is 3.00. The summed E-state index contributed by atoms with van der Waals surface area (Å²) in [6.45, 7) is 0. The molecule has 2 rings (SSSR count). The highest BCUT2D eigenvalue weighted by Gasteiger charge is 2.19. The van der Waals surface area contributed by atoms with Gasteiger partial charge in [0, 0.05) is 11.2 Å². The standard InChI is InChI=1S/C13H12Cl2N2O/c14-10-3-1-8(2-4-10)12(16)13(18)9-5-6-17-11(15)7-9/h1-7,12-13,18H,16H2/t12-,13-/m1/s1. The van der Waals surface area contributed by atoms with Crippen LogP contribution in [0.3, 0.4) is 0 Å². The van der Waals surface area contributed by atoms with E-state index in [1.165, 1.54) is 6.20 Å². The van der Waals surface area contributed by atoms with Gasteiger partial charge >= 0.3 is 0 Å². The molecule has 94 valence electrons.